The maximum absolute atomic E-state index is 13.4. The number of likely N-dealkylation sites (tertiary alicyclic amines) is 1. The fourth-order valence-corrected chi connectivity index (χ4v) is 4.49. The van der Waals surface area contributed by atoms with Gasteiger partial charge in [0.05, 0.1) is 6.04 Å². The average Bonchev–Trinajstić information content (AvgIpc) is 3.37. The molecule has 0 aliphatic carbocycles. The van der Waals surface area contributed by atoms with E-state index in [0.717, 1.165) is 5.56 Å². The summed E-state index contributed by atoms with van der Waals surface area (Å²) in [5, 5.41) is 3.18. The first-order valence-corrected chi connectivity index (χ1v) is 13.1. The van der Waals surface area contributed by atoms with Crippen LogP contribution in [0.1, 0.15) is 51.5 Å². The highest BCUT2D eigenvalue weighted by atomic mass is 35.5. The number of hydrogen-bond donors (Lipinski definition) is 3. The minimum absolute atomic E-state index is 0.00000586. The summed E-state index contributed by atoms with van der Waals surface area (Å²) in [6.45, 7) is 2.98. The lowest BCUT2D eigenvalue weighted by molar-refractivity contribution is -0.140. The Morgan fingerprint density at radius 3 is 2.50 bits per heavy atom. The number of carbonyl (C=O) groups is 4. The molecule has 5 N–H and O–H groups in total. The van der Waals surface area contributed by atoms with Crippen molar-refractivity contribution >= 4 is 41.1 Å². The van der Waals surface area contributed by atoms with Crippen LogP contribution in [0.15, 0.2) is 29.3 Å². The van der Waals surface area contributed by atoms with E-state index in [1.807, 2.05) is 0 Å². The number of halogens is 2. The molecule has 1 heterocycles. The third-order valence-corrected chi connectivity index (χ3v) is 6.69. The molecule has 0 aromatic heterocycles. The van der Waals surface area contributed by atoms with Crippen molar-refractivity contribution in [2.75, 3.05) is 19.8 Å². The van der Waals surface area contributed by atoms with Gasteiger partial charge >= 0.3 is 6.09 Å². The zero-order valence-corrected chi connectivity index (χ0v) is 22.6. The number of alkyl carbamates (subject to hydrolysis) is 1. The van der Waals surface area contributed by atoms with E-state index in [-0.39, 0.29) is 43.7 Å². The predicted molar refractivity (Wildman–Crippen MR) is 142 cm³/mol. The van der Waals surface area contributed by atoms with Crippen LogP contribution in [0.5, 0.6) is 0 Å². The molecule has 0 radical (unpaired) electrons. The normalized spacial score (nSPS) is 16.6. The quantitative estimate of drug-likeness (QED) is 0.181. The molecule has 210 valence electrons. The van der Waals surface area contributed by atoms with Gasteiger partial charge in [-0.15, -0.1) is 0 Å². The Labute approximate surface area is 227 Å². The molecular formula is C26H37ClFN5O5. The molecule has 2 amide bonds. The summed E-state index contributed by atoms with van der Waals surface area (Å²) >= 11 is 5.87. The predicted octanol–water partition coefficient (Wildman–Crippen LogP) is 2.75. The molecule has 12 heteroatoms. The first-order valence-electron chi connectivity index (χ1n) is 12.7. The van der Waals surface area contributed by atoms with Gasteiger partial charge in [0.15, 0.2) is 17.5 Å². The molecule has 0 spiro atoms. The van der Waals surface area contributed by atoms with Crippen LogP contribution in [0.4, 0.5) is 9.18 Å². The third kappa shape index (κ3) is 9.59. The fraction of sp³-hybridized carbons (Fsp3) is 0.577. The Morgan fingerprint density at radius 2 is 1.89 bits per heavy atom. The number of nitrogens with two attached hydrogens (primary N) is 2. The number of alkyl halides is 1. The van der Waals surface area contributed by atoms with Crippen LogP contribution in [0, 0.1) is 11.8 Å². The largest absolute Gasteiger partial charge is 0.445 e. The second kappa shape index (κ2) is 15.3. The van der Waals surface area contributed by atoms with Crippen LogP contribution in [0.2, 0.25) is 5.02 Å². The fourth-order valence-electron chi connectivity index (χ4n) is 4.37. The highest BCUT2D eigenvalue weighted by molar-refractivity contribution is 6.30. The number of aliphatic imine (C=N–C) groups is 1. The summed E-state index contributed by atoms with van der Waals surface area (Å²) in [5.41, 5.74) is 11.3. The number of carbonyl (C=O) groups excluding carboxylic acids is 4. The van der Waals surface area contributed by atoms with E-state index >= 15 is 0 Å². The number of Topliss-reactive ketones (excluding diaryl/α,β-unsaturated/α-hetero) is 2. The van der Waals surface area contributed by atoms with Crippen LogP contribution in [-0.4, -0.2) is 66.3 Å². The Hall–Kier alpha value is -3.21. The highest BCUT2D eigenvalue weighted by Crippen LogP contribution is 2.25. The first kappa shape index (κ1) is 31.0. The van der Waals surface area contributed by atoms with Gasteiger partial charge in [-0.1, -0.05) is 37.6 Å². The van der Waals surface area contributed by atoms with Crippen molar-refractivity contribution in [3.63, 3.8) is 0 Å². The smallest absolute Gasteiger partial charge is 0.408 e. The SMILES string of the molecule is CC(C)[C@H](NC(=O)OCc1ccc(Cl)cc1)C(=O)N1CCC[C@H]1C(=O)C[C@@H](CCCN=C(N)N)C(=O)CF. The summed E-state index contributed by atoms with van der Waals surface area (Å²) in [6.07, 6.45) is 0.750. The Balaban J connectivity index is 2.01. The van der Waals surface area contributed by atoms with Crippen LogP contribution in [0.3, 0.4) is 0 Å². The summed E-state index contributed by atoms with van der Waals surface area (Å²) < 4.78 is 18.4. The minimum Gasteiger partial charge on any atom is -0.445 e. The average molecular weight is 554 g/mol. The van der Waals surface area contributed by atoms with Crippen molar-refractivity contribution in [2.24, 2.45) is 28.3 Å². The van der Waals surface area contributed by atoms with Gasteiger partial charge in [-0.25, -0.2) is 9.18 Å². The van der Waals surface area contributed by atoms with Gasteiger partial charge in [0.25, 0.3) is 0 Å². The minimum atomic E-state index is -1.18. The second-order valence-corrected chi connectivity index (χ2v) is 10.1. The summed E-state index contributed by atoms with van der Waals surface area (Å²) in [6, 6.07) is 5.15. The van der Waals surface area contributed by atoms with Crippen molar-refractivity contribution in [2.45, 2.75) is 64.6 Å². The van der Waals surface area contributed by atoms with Gasteiger partial charge in [-0.05, 0) is 49.3 Å². The zero-order chi connectivity index (χ0) is 28.2. The molecule has 38 heavy (non-hydrogen) atoms. The standard InChI is InChI=1S/C26H37ClFN5O5/c1-16(2)23(32-26(37)38-15-17-7-9-19(27)10-8-17)24(36)33-12-4-6-20(33)21(34)13-18(22(35)14-28)5-3-11-31-25(29)30/h7-10,16,18,20,23H,3-6,11-15H2,1-2H3,(H,32,37)(H4,29,30,31)/t18-,20+,23+/m1/s1. The van der Waals surface area contributed by atoms with E-state index in [2.05, 4.69) is 10.3 Å². The van der Waals surface area contributed by atoms with E-state index < -0.39 is 42.5 Å². The van der Waals surface area contributed by atoms with Crippen LogP contribution >= 0.6 is 11.6 Å². The molecular weight excluding hydrogens is 517 g/mol. The number of guanidine groups is 1. The molecule has 0 unspecified atom stereocenters. The first-order chi connectivity index (χ1) is 18.0. The lowest BCUT2D eigenvalue weighted by Crippen LogP contribution is -2.54. The number of hydrogen-bond acceptors (Lipinski definition) is 6. The monoisotopic (exact) mass is 553 g/mol. The topological polar surface area (TPSA) is 157 Å². The molecule has 0 saturated carbocycles. The van der Waals surface area contributed by atoms with Gasteiger partial charge in [0.1, 0.15) is 19.3 Å². The van der Waals surface area contributed by atoms with E-state index in [4.69, 9.17) is 27.8 Å². The number of ether oxygens (including phenoxy) is 1. The molecule has 3 atom stereocenters. The lowest BCUT2D eigenvalue weighted by Gasteiger charge is -2.30. The zero-order valence-electron chi connectivity index (χ0n) is 21.8. The summed E-state index contributed by atoms with van der Waals surface area (Å²) in [5.74, 6) is -2.56. The highest BCUT2D eigenvalue weighted by Gasteiger charge is 2.39. The number of ketones is 2. The Bertz CT molecular complexity index is 1000. The molecule has 1 saturated heterocycles. The maximum Gasteiger partial charge on any atom is 0.408 e. The Morgan fingerprint density at radius 1 is 1.21 bits per heavy atom. The molecule has 1 aromatic carbocycles. The molecule has 1 fully saturated rings. The molecule has 10 nitrogen and oxygen atoms in total. The van der Waals surface area contributed by atoms with Gasteiger partial charge in [-0.3, -0.25) is 19.4 Å². The van der Waals surface area contributed by atoms with E-state index in [9.17, 15) is 23.6 Å². The van der Waals surface area contributed by atoms with Crippen LogP contribution < -0.4 is 16.8 Å². The molecule has 1 aliphatic rings. The maximum atomic E-state index is 13.4. The number of nitrogens with one attached hydrogen (secondary N) is 1. The molecule has 1 aromatic rings. The van der Waals surface area contributed by atoms with Gasteiger partial charge in [0.2, 0.25) is 5.91 Å². The number of rotatable bonds is 14. The summed E-state index contributed by atoms with van der Waals surface area (Å²) in [7, 11) is 0. The number of amides is 2. The molecule has 0 bridgehead atoms. The van der Waals surface area contributed by atoms with Crippen molar-refractivity contribution in [3.8, 4) is 0 Å². The van der Waals surface area contributed by atoms with Crippen LogP contribution in [-0.2, 0) is 25.7 Å². The van der Waals surface area contributed by atoms with E-state index in [1.165, 1.54) is 4.90 Å². The molecule has 1 aliphatic heterocycles. The Kier molecular flexibility index (Phi) is 12.5. The van der Waals surface area contributed by atoms with Crippen molar-refractivity contribution in [3.05, 3.63) is 34.9 Å². The number of nitrogens with zero attached hydrogens (tertiary/aromatic N) is 2. The van der Waals surface area contributed by atoms with E-state index in [0.29, 0.717) is 30.8 Å². The van der Waals surface area contributed by atoms with Crippen LogP contribution in [0.25, 0.3) is 0 Å². The second-order valence-electron chi connectivity index (χ2n) is 9.67. The molecule has 2 rings (SSSR count). The van der Waals surface area contributed by atoms with Crippen molar-refractivity contribution in [1.29, 1.82) is 0 Å². The van der Waals surface area contributed by atoms with Gasteiger partial charge in [0, 0.05) is 30.5 Å². The van der Waals surface area contributed by atoms with Gasteiger partial charge in [-0.2, -0.15) is 0 Å². The van der Waals surface area contributed by atoms with Crippen molar-refractivity contribution in [1.82, 2.24) is 10.2 Å². The lowest BCUT2D eigenvalue weighted by atomic mass is 9.90. The number of benzene rings is 1. The third-order valence-electron chi connectivity index (χ3n) is 6.44. The summed E-state index contributed by atoms with van der Waals surface area (Å²) in [4.78, 5) is 56.5. The van der Waals surface area contributed by atoms with Crippen molar-refractivity contribution < 1.29 is 28.3 Å². The van der Waals surface area contributed by atoms with E-state index in [1.54, 1.807) is 38.1 Å². The van der Waals surface area contributed by atoms with Gasteiger partial charge < -0.3 is 26.4 Å².